The molecule has 0 amide bonds. The predicted octanol–water partition coefficient (Wildman–Crippen LogP) is 9.89. The molecule has 1 heterocycles. The van der Waals surface area contributed by atoms with Gasteiger partial charge in [0.1, 0.15) is 0 Å². The van der Waals surface area contributed by atoms with Crippen molar-refractivity contribution in [3.63, 3.8) is 0 Å². The molecule has 0 atom stereocenters. The largest absolute Gasteiger partial charge is 0.310 e. The lowest BCUT2D eigenvalue weighted by Crippen LogP contribution is -2.31. The van der Waals surface area contributed by atoms with Gasteiger partial charge in [-0.3, -0.25) is 0 Å². The van der Waals surface area contributed by atoms with Crippen molar-refractivity contribution in [2.75, 3.05) is 4.90 Å². The highest BCUT2D eigenvalue weighted by Gasteiger charge is 2.39. The van der Waals surface area contributed by atoms with Crippen LogP contribution in [0.2, 0.25) is 0 Å². The molecule has 1 aliphatic heterocycles. The molecule has 1 nitrogen and oxygen atoms in total. The molecule has 0 bridgehead atoms. The zero-order chi connectivity index (χ0) is 24.3. The number of aryl methyl sites for hydroxylation is 2. The van der Waals surface area contributed by atoms with Crippen LogP contribution in [-0.4, -0.2) is 0 Å². The molecule has 0 fully saturated rings. The fraction of sp³-hybridized carbons (Fsp3) is 0.273. The second-order valence-corrected chi connectivity index (χ2v) is 9.78. The topological polar surface area (TPSA) is 3.24 Å². The van der Waals surface area contributed by atoms with Crippen molar-refractivity contribution in [2.45, 2.75) is 59.8 Å². The predicted molar refractivity (Wildman–Crippen MR) is 149 cm³/mol. The number of anilines is 3. The van der Waals surface area contributed by atoms with Crippen LogP contribution >= 0.6 is 0 Å². The molecular formula is C33H37N. The fourth-order valence-electron chi connectivity index (χ4n) is 5.03. The van der Waals surface area contributed by atoms with Crippen molar-refractivity contribution in [3.05, 3.63) is 113 Å². The lowest BCUT2D eigenvalue weighted by atomic mass is 9.69. The van der Waals surface area contributed by atoms with Crippen molar-refractivity contribution in [2.24, 2.45) is 0 Å². The average molecular weight is 448 g/mol. The van der Waals surface area contributed by atoms with Crippen LogP contribution in [-0.2, 0) is 5.41 Å². The Balaban J connectivity index is 0.000000636. The molecule has 4 aromatic carbocycles. The third-order valence-corrected chi connectivity index (χ3v) is 7.00. The molecule has 0 saturated carbocycles. The Morgan fingerprint density at radius 2 is 1.24 bits per heavy atom. The third kappa shape index (κ3) is 4.16. The van der Waals surface area contributed by atoms with Gasteiger partial charge in [0.2, 0.25) is 0 Å². The van der Waals surface area contributed by atoms with Crippen LogP contribution in [0.15, 0.2) is 91.0 Å². The number of nitrogens with zero attached hydrogens (tertiary/aromatic N) is 1. The number of hydrogen-bond donors (Lipinski definition) is 0. The van der Waals surface area contributed by atoms with E-state index in [9.17, 15) is 0 Å². The normalized spacial score (nSPS) is 13.4. The highest BCUT2D eigenvalue weighted by Crippen LogP contribution is 2.55. The van der Waals surface area contributed by atoms with Gasteiger partial charge in [-0.1, -0.05) is 107 Å². The van der Waals surface area contributed by atoms with Crippen LogP contribution in [0.25, 0.3) is 11.1 Å². The van der Waals surface area contributed by atoms with Gasteiger partial charge in [0.25, 0.3) is 0 Å². The molecule has 4 aromatic rings. The second-order valence-electron chi connectivity index (χ2n) is 9.78. The summed E-state index contributed by atoms with van der Waals surface area (Å²) in [6, 6.07) is 32.9. The minimum Gasteiger partial charge on any atom is -0.310 e. The summed E-state index contributed by atoms with van der Waals surface area (Å²) in [5.41, 5.74) is 11.7. The minimum absolute atomic E-state index is 0.110. The summed E-state index contributed by atoms with van der Waals surface area (Å²) >= 11 is 0. The Morgan fingerprint density at radius 3 is 1.91 bits per heavy atom. The molecule has 174 valence electrons. The van der Waals surface area contributed by atoms with Gasteiger partial charge in [-0.2, -0.15) is 0 Å². The number of rotatable bonds is 3. The molecule has 1 aliphatic rings. The maximum Gasteiger partial charge on any atom is 0.0509 e. The molecule has 34 heavy (non-hydrogen) atoms. The molecule has 0 N–H and O–H groups in total. The van der Waals surface area contributed by atoms with E-state index in [0.717, 1.165) is 0 Å². The summed E-state index contributed by atoms with van der Waals surface area (Å²) in [4.78, 5) is 2.43. The van der Waals surface area contributed by atoms with Crippen LogP contribution in [0.1, 0.15) is 62.8 Å². The number of unbranched alkanes of at least 4 members (excludes halogenated alkanes) is 1. The highest BCUT2D eigenvalue weighted by atomic mass is 15.2. The minimum atomic E-state index is -0.110. The van der Waals surface area contributed by atoms with Crippen molar-refractivity contribution in [3.8, 4) is 11.1 Å². The molecule has 0 radical (unpaired) electrons. The van der Waals surface area contributed by atoms with E-state index >= 15 is 0 Å². The van der Waals surface area contributed by atoms with E-state index in [-0.39, 0.29) is 5.41 Å². The van der Waals surface area contributed by atoms with Gasteiger partial charge >= 0.3 is 0 Å². The Morgan fingerprint density at radius 1 is 0.618 bits per heavy atom. The SMILES string of the molecule is CCCC.Cc1ccccc1-c1c(C)ccc2c1C(C)(C)c1ccccc1N2c1ccccc1. The zero-order valence-corrected chi connectivity index (χ0v) is 21.5. The van der Waals surface area contributed by atoms with E-state index in [1.165, 1.54) is 63.3 Å². The fourth-order valence-corrected chi connectivity index (χ4v) is 5.03. The summed E-state index contributed by atoms with van der Waals surface area (Å²) in [7, 11) is 0. The van der Waals surface area contributed by atoms with Crippen molar-refractivity contribution < 1.29 is 0 Å². The Hall–Kier alpha value is -3.32. The van der Waals surface area contributed by atoms with Crippen LogP contribution in [0.3, 0.4) is 0 Å². The maximum atomic E-state index is 2.43. The van der Waals surface area contributed by atoms with Crippen LogP contribution < -0.4 is 4.90 Å². The monoisotopic (exact) mass is 447 g/mol. The number of fused-ring (bicyclic) bond motifs is 2. The maximum absolute atomic E-state index is 2.43. The van der Waals surface area contributed by atoms with Crippen LogP contribution in [0, 0.1) is 13.8 Å². The van der Waals surface area contributed by atoms with Crippen LogP contribution in [0.5, 0.6) is 0 Å². The summed E-state index contributed by atoms with van der Waals surface area (Å²) in [5.74, 6) is 0. The number of hydrogen-bond acceptors (Lipinski definition) is 1. The summed E-state index contributed by atoms with van der Waals surface area (Å²) < 4.78 is 0. The average Bonchev–Trinajstić information content (AvgIpc) is 2.86. The van der Waals surface area contributed by atoms with Crippen molar-refractivity contribution in [1.82, 2.24) is 0 Å². The number of para-hydroxylation sites is 2. The quantitative estimate of drug-likeness (QED) is 0.302. The first-order valence-corrected chi connectivity index (χ1v) is 12.6. The first-order chi connectivity index (χ1) is 16.4. The van der Waals surface area contributed by atoms with E-state index in [1.54, 1.807) is 0 Å². The molecule has 0 aromatic heterocycles. The Bertz CT molecular complexity index is 1260. The van der Waals surface area contributed by atoms with Crippen molar-refractivity contribution >= 4 is 17.1 Å². The Kier molecular flexibility index (Phi) is 6.93. The van der Waals surface area contributed by atoms with E-state index in [4.69, 9.17) is 0 Å². The van der Waals surface area contributed by atoms with Gasteiger partial charge in [0.15, 0.2) is 0 Å². The summed E-state index contributed by atoms with van der Waals surface area (Å²) in [6.07, 6.45) is 2.64. The van der Waals surface area contributed by atoms with Gasteiger partial charge in [-0.25, -0.2) is 0 Å². The molecule has 0 aliphatic carbocycles. The van der Waals surface area contributed by atoms with E-state index in [0.29, 0.717) is 0 Å². The lowest BCUT2D eigenvalue weighted by Gasteiger charge is -2.43. The first-order valence-electron chi connectivity index (χ1n) is 12.6. The van der Waals surface area contributed by atoms with Gasteiger partial charge < -0.3 is 4.90 Å². The van der Waals surface area contributed by atoms with E-state index in [2.05, 4.69) is 137 Å². The second kappa shape index (κ2) is 9.89. The van der Waals surface area contributed by atoms with Crippen LogP contribution in [0.4, 0.5) is 17.1 Å². The van der Waals surface area contributed by atoms with E-state index < -0.39 is 0 Å². The molecule has 0 unspecified atom stereocenters. The molecule has 5 rings (SSSR count). The molecule has 0 saturated heterocycles. The van der Waals surface area contributed by atoms with Gasteiger partial charge in [0, 0.05) is 11.1 Å². The van der Waals surface area contributed by atoms with Crippen molar-refractivity contribution in [1.29, 1.82) is 0 Å². The summed E-state index contributed by atoms with van der Waals surface area (Å²) in [6.45, 7) is 13.6. The standard InChI is InChI=1S/C29H27N.C4H10/c1-20-12-8-9-15-23(20)27-21(2)18-19-26-28(27)29(3,4)24-16-10-11-17-25(24)30(26)22-13-6-5-7-14-22;1-3-4-2/h5-19H,1-4H3;3-4H2,1-2H3. The first kappa shape index (κ1) is 23.8. The molecular weight excluding hydrogens is 410 g/mol. The van der Waals surface area contributed by atoms with E-state index in [1.807, 2.05) is 0 Å². The van der Waals surface area contributed by atoms with Gasteiger partial charge in [0.05, 0.1) is 11.4 Å². The molecule has 0 spiro atoms. The molecule has 1 heteroatoms. The summed E-state index contributed by atoms with van der Waals surface area (Å²) in [5, 5.41) is 0. The Labute approximate surface area is 206 Å². The lowest BCUT2D eigenvalue weighted by molar-refractivity contribution is 0.633. The third-order valence-electron chi connectivity index (χ3n) is 7.00. The highest BCUT2D eigenvalue weighted by molar-refractivity contribution is 5.92. The zero-order valence-electron chi connectivity index (χ0n) is 21.5. The number of benzene rings is 4. The van der Waals surface area contributed by atoms with Gasteiger partial charge in [-0.15, -0.1) is 0 Å². The smallest absolute Gasteiger partial charge is 0.0509 e. The van der Waals surface area contributed by atoms with Gasteiger partial charge in [-0.05, 0) is 71.5 Å².